The van der Waals surface area contributed by atoms with E-state index in [9.17, 15) is 5.11 Å². The van der Waals surface area contributed by atoms with E-state index in [2.05, 4.69) is 27.8 Å². The van der Waals surface area contributed by atoms with Crippen LogP contribution in [0.5, 0.6) is 5.75 Å². The predicted molar refractivity (Wildman–Crippen MR) is 62.3 cm³/mol. The topological polar surface area (TPSA) is 32.3 Å². The second-order valence-electron chi connectivity index (χ2n) is 3.00. The van der Waals surface area contributed by atoms with Crippen molar-refractivity contribution in [2.45, 2.75) is 13.0 Å². The van der Waals surface area contributed by atoms with E-state index in [4.69, 9.17) is 0 Å². The number of phenolic OH excluding ortho intramolecular Hbond substituents is 1. The highest BCUT2D eigenvalue weighted by molar-refractivity contribution is 9.10. The maximum atomic E-state index is 9.65. The molecule has 14 heavy (non-hydrogen) atoms. The SMILES string of the molecule is C=CCCNCc1cccc(Br)c1O. The fourth-order valence-corrected chi connectivity index (χ4v) is 1.54. The van der Waals surface area contributed by atoms with Gasteiger partial charge in [0.15, 0.2) is 0 Å². The lowest BCUT2D eigenvalue weighted by atomic mass is 10.2. The van der Waals surface area contributed by atoms with Crippen molar-refractivity contribution in [2.75, 3.05) is 6.54 Å². The van der Waals surface area contributed by atoms with E-state index in [1.165, 1.54) is 0 Å². The van der Waals surface area contributed by atoms with E-state index in [0.717, 1.165) is 23.0 Å². The summed E-state index contributed by atoms with van der Waals surface area (Å²) in [6, 6.07) is 5.64. The Morgan fingerprint density at radius 1 is 1.50 bits per heavy atom. The summed E-state index contributed by atoms with van der Waals surface area (Å²) in [4.78, 5) is 0. The van der Waals surface area contributed by atoms with Crippen LogP contribution in [-0.2, 0) is 6.54 Å². The van der Waals surface area contributed by atoms with Crippen molar-refractivity contribution >= 4 is 15.9 Å². The molecule has 76 valence electrons. The summed E-state index contributed by atoms with van der Waals surface area (Å²) in [6.45, 7) is 5.20. The Labute approximate surface area is 92.8 Å². The van der Waals surface area contributed by atoms with Crippen molar-refractivity contribution in [3.05, 3.63) is 40.9 Å². The van der Waals surface area contributed by atoms with Crippen LogP contribution in [0.25, 0.3) is 0 Å². The van der Waals surface area contributed by atoms with Crippen molar-refractivity contribution < 1.29 is 5.11 Å². The molecule has 0 unspecified atom stereocenters. The fraction of sp³-hybridized carbons (Fsp3) is 0.273. The van der Waals surface area contributed by atoms with E-state index >= 15 is 0 Å². The first-order valence-corrected chi connectivity index (χ1v) is 5.33. The molecule has 1 rings (SSSR count). The van der Waals surface area contributed by atoms with Gasteiger partial charge in [0.05, 0.1) is 4.47 Å². The lowest BCUT2D eigenvalue weighted by Crippen LogP contribution is -2.14. The van der Waals surface area contributed by atoms with Crippen LogP contribution in [0.3, 0.4) is 0 Å². The second kappa shape index (κ2) is 5.83. The number of phenols is 1. The normalized spacial score (nSPS) is 10.1. The summed E-state index contributed by atoms with van der Waals surface area (Å²) in [7, 11) is 0. The highest BCUT2D eigenvalue weighted by atomic mass is 79.9. The highest BCUT2D eigenvalue weighted by Gasteiger charge is 2.02. The van der Waals surface area contributed by atoms with E-state index < -0.39 is 0 Å². The molecule has 0 heterocycles. The Morgan fingerprint density at radius 3 is 3.00 bits per heavy atom. The van der Waals surface area contributed by atoms with Crippen molar-refractivity contribution in [1.82, 2.24) is 5.32 Å². The first kappa shape index (κ1) is 11.3. The molecule has 2 nitrogen and oxygen atoms in total. The quantitative estimate of drug-likeness (QED) is 0.627. The summed E-state index contributed by atoms with van der Waals surface area (Å²) in [5, 5.41) is 12.9. The fourth-order valence-electron chi connectivity index (χ4n) is 1.13. The van der Waals surface area contributed by atoms with Crippen LogP contribution in [0.2, 0.25) is 0 Å². The van der Waals surface area contributed by atoms with Crippen LogP contribution in [0.15, 0.2) is 35.3 Å². The molecule has 0 aromatic heterocycles. The molecular weight excluding hydrogens is 242 g/mol. The average molecular weight is 256 g/mol. The number of nitrogens with one attached hydrogen (secondary N) is 1. The lowest BCUT2D eigenvalue weighted by molar-refractivity contribution is 0.461. The molecule has 0 saturated heterocycles. The van der Waals surface area contributed by atoms with Crippen LogP contribution >= 0.6 is 15.9 Å². The van der Waals surface area contributed by atoms with Gasteiger partial charge in [0, 0.05) is 12.1 Å². The molecule has 0 bridgehead atoms. The maximum Gasteiger partial charge on any atom is 0.134 e. The molecule has 3 heteroatoms. The third kappa shape index (κ3) is 3.16. The Kier molecular flexibility index (Phi) is 4.70. The number of para-hydroxylation sites is 1. The number of hydrogen-bond donors (Lipinski definition) is 2. The van der Waals surface area contributed by atoms with Gasteiger partial charge in [0.2, 0.25) is 0 Å². The number of hydrogen-bond acceptors (Lipinski definition) is 2. The first-order valence-electron chi connectivity index (χ1n) is 4.53. The zero-order valence-corrected chi connectivity index (χ0v) is 9.55. The third-order valence-corrected chi connectivity index (χ3v) is 2.55. The molecule has 0 aliphatic heterocycles. The maximum absolute atomic E-state index is 9.65. The molecule has 2 N–H and O–H groups in total. The predicted octanol–water partition coefficient (Wildman–Crippen LogP) is 2.82. The number of rotatable bonds is 5. The van der Waals surface area contributed by atoms with Gasteiger partial charge < -0.3 is 10.4 Å². The summed E-state index contributed by atoms with van der Waals surface area (Å²) >= 11 is 3.27. The number of halogens is 1. The third-order valence-electron chi connectivity index (χ3n) is 1.91. The van der Waals surface area contributed by atoms with Crippen molar-refractivity contribution in [1.29, 1.82) is 0 Å². The zero-order valence-electron chi connectivity index (χ0n) is 7.96. The Morgan fingerprint density at radius 2 is 2.29 bits per heavy atom. The average Bonchev–Trinajstić information content (AvgIpc) is 2.19. The molecule has 0 saturated carbocycles. The zero-order chi connectivity index (χ0) is 10.4. The number of aromatic hydroxyl groups is 1. The van der Waals surface area contributed by atoms with Gasteiger partial charge in [-0.3, -0.25) is 0 Å². The second-order valence-corrected chi connectivity index (χ2v) is 3.86. The highest BCUT2D eigenvalue weighted by Crippen LogP contribution is 2.26. The minimum absolute atomic E-state index is 0.318. The van der Waals surface area contributed by atoms with Gasteiger partial charge in [-0.25, -0.2) is 0 Å². The molecule has 0 amide bonds. The first-order chi connectivity index (χ1) is 6.75. The van der Waals surface area contributed by atoms with Crippen molar-refractivity contribution in [2.24, 2.45) is 0 Å². The van der Waals surface area contributed by atoms with Crippen LogP contribution in [0, 0.1) is 0 Å². The minimum atomic E-state index is 0.318. The molecule has 0 spiro atoms. The van der Waals surface area contributed by atoms with Gasteiger partial charge in [-0.05, 0) is 35.0 Å². The van der Waals surface area contributed by atoms with Crippen LogP contribution in [0.4, 0.5) is 0 Å². The summed E-state index contributed by atoms with van der Waals surface area (Å²) < 4.78 is 0.737. The molecule has 0 fully saturated rings. The van der Waals surface area contributed by atoms with Gasteiger partial charge >= 0.3 is 0 Å². The van der Waals surface area contributed by atoms with E-state index in [1.807, 2.05) is 24.3 Å². The molecule has 0 atom stereocenters. The van der Waals surface area contributed by atoms with E-state index in [0.29, 0.717) is 12.3 Å². The molecule has 1 aromatic rings. The Hall–Kier alpha value is -0.800. The number of benzene rings is 1. The summed E-state index contributed by atoms with van der Waals surface area (Å²) in [5.74, 6) is 0.318. The van der Waals surface area contributed by atoms with E-state index in [-0.39, 0.29) is 0 Å². The van der Waals surface area contributed by atoms with Crippen molar-refractivity contribution in [3.8, 4) is 5.75 Å². The monoisotopic (exact) mass is 255 g/mol. The van der Waals surface area contributed by atoms with Crippen molar-refractivity contribution in [3.63, 3.8) is 0 Å². The largest absolute Gasteiger partial charge is 0.506 e. The van der Waals surface area contributed by atoms with Gasteiger partial charge in [-0.15, -0.1) is 6.58 Å². The smallest absolute Gasteiger partial charge is 0.134 e. The Balaban J connectivity index is 2.50. The minimum Gasteiger partial charge on any atom is -0.506 e. The van der Waals surface area contributed by atoms with Gasteiger partial charge in [0.1, 0.15) is 5.75 Å². The summed E-state index contributed by atoms with van der Waals surface area (Å²) in [6.07, 6.45) is 2.81. The van der Waals surface area contributed by atoms with Crippen LogP contribution in [0.1, 0.15) is 12.0 Å². The molecule has 0 radical (unpaired) electrons. The molecule has 0 aliphatic rings. The Bertz CT molecular complexity index is 312. The standard InChI is InChI=1S/C11H14BrNO/c1-2-3-7-13-8-9-5-4-6-10(12)11(9)14/h2,4-6,13-14H,1,3,7-8H2. The van der Waals surface area contributed by atoms with Gasteiger partial charge in [-0.1, -0.05) is 18.2 Å². The van der Waals surface area contributed by atoms with Gasteiger partial charge in [-0.2, -0.15) is 0 Å². The van der Waals surface area contributed by atoms with Gasteiger partial charge in [0.25, 0.3) is 0 Å². The molecule has 1 aromatic carbocycles. The van der Waals surface area contributed by atoms with Crippen LogP contribution < -0.4 is 5.32 Å². The van der Waals surface area contributed by atoms with Crippen LogP contribution in [-0.4, -0.2) is 11.7 Å². The van der Waals surface area contributed by atoms with E-state index in [1.54, 1.807) is 0 Å². The lowest BCUT2D eigenvalue weighted by Gasteiger charge is -2.06. The molecule has 0 aliphatic carbocycles. The molecular formula is C11H14BrNO. The summed E-state index contributed by atoms with van der Waals surface area (Å²) in [5.41, 5.74) is 0.906.